The molecule has 3 N–H and O–H groups in total. The molecule has 0 radical (unpaired) electrons. The number of benzene rings is 1. The molecule has 0 bridgehead atoms. The smallest absolute Gasteiger partial charge is 0.220 e. The Bertz CT molecular complexity index is 464. The molecule has 0 saturated heterocycles. The van der Waals surface area contributed by atoms with E-state index in [0.29, 0.717) is 35.3 Å². The fourth-order valence-electron chi connectivity index (χ4n) is 1.96. The van der Waals surface area contributed by atoms with Gasteiger partial charge in [-0.15, -0.1) is 12.4 Å². The molecule has 1 unspecified atom stereocenters. The molecule has 6 heteroatoms. The maximum absolute atomic E-state index is 11.7. The van der Waals surface area contributed by atoms with Crippen molar-refractivity contribution in [3.63, 3.8) is 0 Å². The Morgan fingerprint density at radius 2 is 2.05 bits per heavy atom. The van der Waals surface area contributed by atoms with Gasteiger partial charge < -0.3 is 11.1 Å². The summed E-state index contributed by atoms with van der Waals surface area (Å²) in [6.45, 7) is 0.574. The number of rotatable bonds is 6. The molecule has 1 aromatic carbocycles. The molecule has 1 aromatic rings. The van der Waals surface area contributed by atoms with Crippen molar-refractivity contribution in [3.8, 4) is 0 Å². The van der Waals surface area contributed by atoms with Gasteiger partial charge in [-0.25, -0.2) is 0 Å². The Morgan fingerprint density at radius 1 is 1.35 bits per heavy atom. The molecular formula is C14H19Cl3N2O. The lowest BCUT2D eigenvalue weighted by molar-refractivity contribution is -0.121. The largest absolute Gasteiger partial charge is 0.355 e. The van der Waals surface area contributed by atoms with Gasteiger partial charge in [0.05, 0.1) is 10.0 Å². The van der Waals surface area contributed by atoms with Gasteiger partial charge in [-0.2, -0.15) is 0 Å². The maximum Gasteiger partial charge on any atom is 0.220 e. The van der Waals surface area contributed by atoms with Crippen LogP contribution in [0.25, 0.3) is 0 Å². The van der Waals surface area contributed by atoms with Crippen LogP contribution in [0.4, 0.5) is 0 Å². The number of carbonyl (C=O) groups is 1. The van der Waals surface area contributed by atoms with Crippen molar-refractivity contribution in [3.05, 3.63) is 33.8 Å². The summed E-state index contributed by atoms with van der Waals surface area (Å²) < 4.78 is 0. The molecule has 1 aliphatic rings. The van der Waals surface area contributed by atoms with Crippen molar-refractivity contribution in [1.82, 2.24) is 5.32 Å². The van der Waals surface area contributed by atoms with Gasteiger partial charge in [-0.3, -0.25) is 4.79 Å². The highest BCUT2D eigenvalue weighted by Gasteiger charge is 2.28. The van der Waals surface area contributed by atoms with Crippen molar-refractivity contribution < 1.29 is 4.79 Å². The van der Waals surface area contributed by atoms with Gasteiger partial charge in [0.15, 0.2) is 0 Å². The zero-order valence-corrected chi connectivity index (χ0v) is 13.4. The zero-order chi connectivity index (χ0) is 13.8. The molecule has 0 spiro atoms. The monoisotopic (exact) mass is 336 g/mol. The molecule has 2 rings (SSSR count). The van der Waals surface area contributed by atoms with Crippen LogP contribution in [-0.4, -0.2) is 18.5 Å². The predicted molar refractivity (Wildman–Crippen MR) is 85.7 cm³/mol. The Morgan fingerprint density at radius 3 is 2.65 bits per heavy atom. The zero-order valence-electron chi connectivity index (χ0n) is 11.1. The van der Waals surface area contributed by atoms with Crippen LogP contribution in [0.1, 0.15) is 24.8 Å². The highest BCUT2D eigenvalue weighted by atomic mass is 35.5. The summed E-state index contributed by atoms with van der Waals surface area (Å²) in [5, 5.41) is 3.93. The lowest BCUT2D eigenvalue weighted by Crippen LogP contribution is -2.38. The van der Waals surface area contributed by atoms with Crippen LogP contribution >= 0.6 is 35.6 Å². The number of nitrogens with two attached hydrogens (primary N) is 1. The normalized spacial score (nSPS) is 15.3. The summed E-state index contributed by atoms with van der Waals surface area (Å²) in [6.07, 6.45) is 3.48. The standard InChI is InChI=1S/C14H18Cl2N2O.ClH/c15-11-5-1-9(7-12(11)16)2-6-14(19)18-8-13(17)10-3-4-10;/h1,5,7,10,13H,2-4,6,8,17H2,(H,18,19);1H. The van der Waals surface area contributed by atoms with Crippen LogP contribution in [0.15, 0.2) is 18.2 Å². The molecular weight excluding hydrogens is 319 g/mol. The van der Waals surface area contributed by atoms with Crippen LogP contribution in [-0.2, 0) is 11.2 Å². The third-order valence-electron chi connectivity index (χ3n) is 3.39. The summed E-state index contributed by atoms with van der Waals surface area (Å²) >= 11 is 11.8. The van der Waals surface area contributed by atoms with Crippen molar-refractivity contribution in [1.29, 1.82) is 0 Å². The van der Waals surface area contributed by atoms with E-state index in [1.54, 1.807) is 12.1 Å². The van der Waals surface area contributed by atoms with Crippen molar-refractivity contribution in [2.45, 2.75) is 31.7 Å². The SMILES string of the molecule is Cl.NC(CNC(=O)CCc1ccc(Cl)c(Cl)c1)C1CC1. The second kappa shape index (κ2) is 8.08. The van der Waals surface area contributed by atoms with Crippen LogP contribution in [0, 0.1) is 5.92 Å². The second-order valence-electron chi connectivity index (χ2n) is 5.05. The van der Waals surface area contributed by atoms with Crippen LogP contribution in [0.5, 0.6) is 0 Å². The van der Waals surface area contributed by atoms with Crippen LogP contribution in [0.2, 0.25) is 10.0 Å². The minimum atomic E-state index is 0. The molecule has 0 aliphatic heterocycles. The summed E-state index contributed by atoms with van der Waals surface area (Å²) in [6, 6.07) is 5.54. The topological polar surface area (TPSA) is 55.1 Å². The number of hydrogen-bond acceptors (Lipinski definition) is 2. The number of amides is 1. The predicted octanol–water partition coefficient (Wildman–Crippen LogP) is 3.20. The van der Waals surface area contributed by atoms with E-state index in [4.69, 9.17) is 28.9 Å². The fraction of sp³-hybridized carbons (Fsp3) is 0.500. The number of halogens is 3. The van der Waals surface area contributed by atoms with Crippen LogP contribution in [0.3, 0.4) is 0 Å². The Hall–Kier alpha value is -0.480. The minimum Gasteiger partial charge on any atom is -0.355 e. The van der Waals surface area contributed by atoms with E-state index in [-0.39, 0.29) is 24.4 Å². The molecule has 1 fully saturated rings. The Balaban J connectivity index is 0.00000200. The molecule has 1 amide bonds. The molecule has 112 valence electrons. The Kier molecular flexibility index (Phi) is 7.10. The van der Waals surface area contributed by atoms with E-state index in [0.717, 1.165) is 5.56 Å². The first-order chi connectivity index (χ1) is 9.06. The minimum absolute atomic E-state index is 0. The van der Waals surface area contributed by atoms with E-state index >= 15 is 0 Å². The Labute approximate surface area is 135 Å². The third kappa shape index (κ3) is 5.49. The fourth-order valence-corrected chi connectivity index (χ4v) is 2.28. The summed E-state index contributed by atoms with van der Waals surface area (Å²) in [5.74, 6) is 0.637. The molecule has 20 heavy (non-hydrogen) atoms. The number of carbonyl (C=O) groups excluding carboxylic acids is 1. The van der Waals surface area contributed by atoms with Gasteiger partial charge in [0, 0.05) is 19.0 Å². The van der Waals surface area contributed by atoms with Gasteiger partial charge in [0.25, 0.3) is 0 Å². The lowest BCUT2D eigenvalue weighted by atomic mass is 10.1. The van der Waals surface area contributed by atoms with E-state index in [1.165, 1.54) is 12.8 Å². The van der Waals surface area contributed by atoms with E-state index in [2.05, 4.69) is 5.32 Å². The molecule has 3 nitrogen and oxygen atoms in total. The third-order valence-corrected chi connectivity index (χ3v) is 4.13. The number of hydrogen-bond donors (Lipinski definition) is 2. The van der Waals surface area contributed by atoms with Crippen molar-refractivity contribution >= 4 is 41.5 Å². The first kappa shape index (κ1) is 17.6. The lowest BCUT2D eigenvalue weighted by Gasteiger charge is -2.11. The summed E-state index contributed by atoms with van der Waals surface area (Å²) in [5.41, 5.74) is 6.93. The second-order valence-corrected chi connectivity index (χ2v) is 5.87. The molecule has 1 saturated carbocycles. The first-order valence-corrected chi connectivity index (χ1v) is 7.28. The molecule has 0 heterocycles. The van der Waals surface area contributed by atoms with Gasteiger partial charge in [-0.1, -0.05) is 29.3 Å². The average molecular weight is 338 g/mol. The van der Waals surface area contributed by atoms with Gasteiger partial charge in [0.1, 0.15) is 0 Å². The van der Waals surface area contributed by atoms with Crippen LogP contribution < -0.4 is 11.1 Å². The average Bonchev–Trinajstić information content (AvgIpc) is 3.21. The number of nitrogens with one attached hydrogen (secondary N) is 1. The van der Waals surface area contributed by atoms with Gasteiger partial charge >= 0.3 is 0 Å². The van der Waals surface area contributed by atoms with Crippen molar-refractivity contribution in [2.75, 3.05) is 6.54 Å². The number of aryl methyl sites for hydroxylation is 1. The highest BCUT2D eigenvalue weighted by molar-refractivity contribution is 6.42. The molecule has 0 aromatic heterocycles. The molecule has 1 aliphatic carbocycles. The quantitative estimate of drug-likeness (QED) is 0.837. The first-order valence-electron chi connectivity index (χ1n) is 6.52. The highest BCUT2D eigenvalue weighted by Crippen LogP contribution is 2.31. The van der Waals surface area contributed by atoms with Gasteiger partial charge in [0.2, 0.25) is 5.91 Å². The summed E-state index contributed by atoms with van der Waals surface area (Å²) in [4.78, 5) is 11.7. The van der Waals surface area contributed by atoms with E-state index < -0.39 is 0 Å². The molecule has 1 atom stereocenters. The van der Waals surface area contributed by atoms with E-state index in [1.807, 2.05) is 6.07 Å². The van der Waals surface area contributed by atoms with Crippen molar-refractivity contribution in [2.24, 2.45) is 11.7 Å². The van der Waals surface area contributed by atoms with E-state index in [9.17, 15) is 4.79 Å². The van der Waals surface area contributed by atoms with Gasteiger partial charge in [-0.05, 0) is 42.9 Å². The maximum atomic E-state index is 11.7. The summed E-state index contributed by atoms with van der Waals surface area (Å²) in [7, 11) is 0.